The highest BCUT2D eigenvalue weighted by atomic mass is 32.2. The van der Waals surface area contributed by atoms with Crippen molar-refractivity contribution in [3.63, 3.8) is 0 Å². The molecule has 1 rings (SSSR count). The minimum absolute atomic E-state index is 0.0100. The Morgan fingerprint density at radius 2 is 1.80 bits per heavy atom. The Kier molecular flexibility index (Phi) is 6.71. The number of hydrogen-bond donors (Lipinski definition) is 0. The minimum atomic E-state index is -3.12. The lowest BCUT2D eigenvalue weighted by Gasteiger charge is -2.09. The molecule has 0 aliphatic rings. The van der Waals surface area contributed by atoms with Crippen LogP contribution < -0.4 is 0 Å². The Bertz CT molecular complexity index is 535. The highest BCUT2D eigenvalue weighted by molar-refractivity contribution is 7.90. The van der Waals surface area contributed by atoms with Gasteiger partial charge >= 0.3 is 5.97 Å². The monoisotopic (exact) mass is 298 g/mol. The number of methoxy groups -OCH3 is 1. The molecule has 1 aromatic rings. The molecule has 0 N–H and O–H groups in total. The van der Waals surface area contributed by atoms with Crippen molar-refractivity contribution in [2.24, 2.45) is 0 Å². The molecule has 0 aromatic heterocycles. The number of carbonyl (C=O) groups excluding carboxylic acids is 1. The summed E-state index contributed by atoms with van der Waals surface area (Å²) in [5.74, 6) is -0.169. The number of rotatable bonds is 8. The van der Waals surface area contributed by atoms with E-state index in [-0.39, 0.29) is 23.9 Å². The molecule has 5 heteroatoms. The number of hydrogen-bond acceptors (Lipinski definition) is 4. The molecule has 0 spiro atoms. The van der Waals surface area contributed by atoms with Gasteiger partial charge in [0.1, 0.15) is 0 Å². The summed E-state index contributed by atoms with van der Waals surface area (Å²) in [4.78, 5) is 11.3. The van der Waals surface area contributed by atoms with Gasteiger partial charge in [0.25, 0.3) is 0 Å². The van der Waals surface area contributed by atoms with Crippen LogP contribution in [0, 0.1) is 0 Å². The Balaban J connectivity index is 2.78. The lowest BCUT2D eigenvalue weighted by atomic mass is 10.1. The van der Waals surface area contributed by atoms with E-state index in [0.717, 1.165) is 18.4 Å². The van der Waals surface area contributed by atoms with Gasteiger partial charge in [-0.3, -0.25) is 4.79 Å². The van der Waals surface area contributed by atoms with Crippen molar-refractivity contribution in [1.82, 2.24) is 0 Å². The Labute approximate surface area is 121 Å². The molecule has 0 atom stereocenters. The van der Waals surface area contributed by atoms with Crippen LogP contribution in [0.25, 0.3) is 0 Å². The van der Waals surface area contributed by atoms with Crippen molar-refractivity contribution in [1.29, 1.82) is 0 Å². The summed E-state index contributed by atoms with van der Waals surface area (Å²) in [5.41, 5.74) is 1.41. The van der Waals surface area contributed by atoms with Gasteiger partial charge in [0, 0.05) is 0 Å². The van der Waals surface area contributed by atoms with Gasteiger partial charge in [-0.1, -0.05) is 44.0 Å². The molecule has 0 bridgehead atoms. The average Bonchev–Trinajstić information content (AvgIpc) is 2.40. The standard InChI is InChI=1S/C15H22O4S/c1-3-4-7-10-20(17,18)12-14-9-6-5-8-13(14)11-15(16)19-2/h5-6,8-9H,3-4,7,10-12H2,1-2H3. The second-order valence-electron chi connectivity index (χ2n) is 4.82. The number of carbonyl (C=O) groups is 1. The lowest BCUT2D eigenvalue weighted by Crippen LogP contribution is -2.13. The van der Waals surface area contributed by atoms with Gasteiger partial charge < -0.3 is 4.74 Å². The van der Waals surface area contributed by atoms with Crippen LogP contribution in [0.15, 0.2) is 24.3 Å². The van der Waals surface area contributed by atoms with Gasteiger partial charge in [-0.15, -0.1) is 0 Å². The normalized spacial score (nSPS) is 11.3. The molecular weight excluding hydrogens is 276 g/mol. The second-order valence-corrected chi connectivity index (χ2v) is 7.00. The summed E-state index contributed by atoms with van der Waals surface area (Å²) in [7, 11) is -1.80. The third-order valence-electron chi connectivity index (χ3n) is 3.12. The summed E-state index contributed by atoms with van der Waals surface area (Å²) < 4.78 is 28.8. The van der Waals surface area contributed by atoms with Gasteiger partial charge in [-0.05, 0) is 17.5 Å². The van der Waals surface area contributed by atoms with E-state index in [1.807, 2.05) is 6.92 Å². The van der Waals surface area contributed by atoms with Crippen LogP contribution in [0.4, 0.5) is 0 Å². The second kappa shape index (κ2) is 8.04. The SMILES string of the molecule is CCCCCS(=O)(=O)Cc1ccccc1CC(=O)OC. The predicted octanol–water partition coefficient (Wildman–Crippen LogP) is 2.51. The molecule has 0 saturated carbocycles. The van der Waals surface area contributed by atoms with Gasteiger partial charge in [-0.25, -0.2) is 8.42 Å². The van der Waals surface area contributed by atoms with Crippen molar-refractivity contribution in [2.75, 3.05) is 12.9 Å². The van der Waals surface area contributed by atoms with E-state index in [4.69, 9.17) is 0 Å². The third-order valence-corrected chi connectivity index (χ3v) is 4.78. The molecular formula is C15H22O4S. The van der Waals surface area contributed by atoms with Crippen LogP contribution in [0.5, 0.6) is 0 Å². The van der Waals surface area contributed by atoms with Crippen LogP contribution in [0.3, 0.4) is 0 Å². The zero-order valence-electron chi connectivity index (χ0n) is 12.1. The van der Waals surface area contributed by atoms with Crippen LogP contribution in [-0.4, -0.2) is 27.2 Å². The predicted molar refractivity (Wildman–Crippen MR) is 79.2 cm³/mol. The van der Waals surface area contributed by atoms with E-state index in [2.05, 4.69) is 4.74 Å². The smallest absolute Gasteiger partial charge is 0.309 e. The van der Waals surface area contributed by atoms with Crippen LogP contribution >= 0.6 is 0 Å². The number of ether oxygens (including phenoxy) is 1. The third kappa shape index (κ3) is 5.74. The van der Waals surface area contributed by atoms with Crippen molar-refractivity contribution in [3.05, 3.63) is 35.4 Å². The van der Waals surface area contributed by atoms with Crippen molar-refractivity contribution in [3.8, 4) is 0 Å². The molecule has 4 nitrogen and oxygen atoms in total. The summed E-state index contributed by atoms with van der Waals surface area (Å²) in [6, 6.07) is 7.12. The fraction of sp³-hybridized carbons (Fsp3) is 0.533. The van der Waals surface area contributed by atoms with Crippen LogP contribution in [0.2, 0.25) is 0 Å². The quantitative estimate of drug-likeness (QED) is 0.546. The van der Waals surface area contributed by atoms with E-state index >= 15 is 0 Å². The number of benzene rings is 1. The Morgan fingerprint density at radius 3 is 2.40 bits per heavy atom. The lowest BCUT2D eigenvalue weighted by molar-refractivity contribution is -0.139. The molecule has 0 aliphatic carbocycles. The molecule has 0 fully saturated rings. The van der Waals surface area contributed by atoms with Gasteiger partial charge in [-0.2, -0.15) is 0 Å². The van der Waals surface area contributed by atoms with Crippen molar-refractivity contribution in [2.45, 2.75) is 38.4 Å². The van der Waals surface area contributed by atoms with E-state index in [1.54, 1.807) is 24.3 Å². The number of unbranched alkanes of at least 4 members (excludes halogenated alkanes) is 2. The summed E-state index contributed by atoms with van der Waals surface area (Å²) in [5, 5.41) is 0. The summed E-state index contributed by atoms with van der Waals surface area (Å²) in [6.45, 7) is 2.04. The highest BCUT2D eigenvalue weighted by Gasteiger charge is 2.15. The van der Waals surface area contributed by atoms with Gasteiger partial charge in [0.15, 0.2) is 9.84 Å². The molecule has 112 valence electrons. The van der Waals surface area contributed by atoms with E-state index in [9.17, 15) is 13.2 Å². The van der Waals surface area contributed by atoms with Gasteiger partial charge in [0.2, 0.25) is 0 Å². The molecule has 0 unspecified atom stereocenters. The maximum Gasteiger partial charge on any atom is 0.309 e. The van der Waals surface area contributed by atoms with Crippen molar-refractivity contribution >= 4 is 15.8 Å². The topological polar surface area (TPSA) is 60.4 Å². The zero-order chi connectivity index (χ0) is 15.0. The van der Waals surface area contributed by atoms with Crippen LogP contribution in [-0.2, 0) is 31.5 Å². The summed E-state index contributed by atoms with van der Waals surface area (Å²) in [6.07, 6.45) is 2.71. The Morgan fingerprint density at radius 1 is 1.15 bits per heavy atom. The average molecular weight is 298 g/mol. The zero-order valence-corrected chi connectivity index (χ0v) is 12.9. The number of esters is 1. The molecule has 0 saturated heterocycles. The van der Waals surface area contributed by atoms with Crippen LogP contribution in [0.1, 0.15) is 37.3 Å². The Hall–Kier alpha value is -1.36. The molecule has 0 aliphatic heterocycles. The molecule has 0 radical (unpaired) electrons. The van der Waals surface area contributed by atoms with E-state index in [0.29, 0.717) is 12.0 Å². The molecule has 0 amide bonds. The summed E-state index contributed by atoms with van der Waals surface area (Å²) >= 11 is 0. The first kappa shape index (κ1) is 16.7. The van der Waals surface area contributed by atoms with Gasteiger partial charge in [0.05, 0.1) is 25.0 Å². The molecule has 1 aromatic carbocycles. The first-order chi connectivity index (χ1) is 9.48. The fourth-order valence-electron chi connectivity index (χ4n) is 1.98. The first-order valence-corrected chi connectivity index (χ1v) is 8.64. The van der Waals surface area contributed by atoms with Crippen molar-refractivity contribution < 1.29 is 17.9 Å². The van der Waals surface area contributed by atoms with E-state index in [1.165, 1.54) is 7.11 Å². The fourth-order valence-corrected chi connectivity index (χ4v) is 3.52. The first-order valence-electron chi connectivity index (χ1n) is 6.82. The number of sulfone groups is 1. The largest absolute Gasteiger partial charge is 0.469 e. The maximum absolute atomic E-state index is 12.1. The maximum atomic E-state index is 12.1. The van der Waals surface area contributed by atoms with E-state index < -0.39 is 9.84 Å². The minimum Gasteiger partial charge on any atom is -0.469 e. The molecule has 0 heterocycles. The molecule has 20 heavy (non-hydrogen) atoms. The highest BCUT2D eigenvalue weighted by Crippen LogP contribution is 2.15.